The van der Waals surface area contributed by atoms with Gasteiger partial charge in [0.05, 0.1) is 0 Å². The molecule has 2 heteroatoms. The van der Waals surface area contributed by atoms with Crippen molar-refractivity contribution in [3.8, 4) is 0 Å². The maximum atomic E-state index is 11.7. The third-order valence-corrected chi connectivity index (χ3v) is 3.69. The maximum Gasteiger partial charge on any atom is 0.223 e. The molecule has 0 heterocycles. The van der Waals surface area contributed by atoms with Gasteiger partial charge in [-0.3, -0.25) is 4.79 Å². The number of nitrogens with one attached hydrogen (secondary N) is 1. The lowest BCUT2D eigenvalue weighted by Crippen LogP contribution is -2.30. The minimum absolute atomic E-state index is 0.327. The van der Waals surface area contributed by atoms with Crippen LogP contribution in [-0.4, -0.2) is 12.5 Å². The summed E-state index contributed by atoms with van der Waals surface area (Å²) in [7, 11) is 0. The van der Waals surface area contributed by atoms with E-state index in [0.717, 1.165) is 24.8 Å². The molecule has 0 aromatic rings. The van der Waals surface area contributed by atoms with Gasteiger partial charge in [0.2, 0.25) is 5.91 Å². The van der Waals surface area contributed by atoms with Crippen molar-refractivity contribution in [1.29, 1.82) is 0 Å². The van der Waals surface area contributed by atoms with Crippen LogP contribution in [0.2, 0.25) is 0 Å². The molecule has 2 nitrogen and oxygen atoms in total. The Morgan fingerprint density at radius 1 is 1.21 bits per heavy atom. The molecule has 0 spiro atoms. The van der Waals surface area contributed by atoms with E-state index in [1.54, 1.807) is 0 Å². The zero-order chi connectivity index (χ0) is 9.97. The van der Waals surface area contributed by atoms with Gasteiger partial charge in [-0.15, -0.1) is 0 Å². The summed E-state index contributed by atoms with van der Waals surface area (Å²) in [6.45, 7) is 3.07. The highest BCUT2D eigenvalue weighted by molar-refractivity contribution is 5.79. The normalized spacial score (nSPS) is 33.9. The van der Waals surface area contributed by atoms with E-state index in [-0.39, 0.29) is 0 Å². The summed E-state index contributed by atoms with van der Waals surface area (Å²) < 4.78 is 0. The van der Waals surface area contributed by atoms with Crippen molar-refractivity contribution in [2.45, 2.75) is 45.4 Å². The summed E-state index contributed by atoms with van der Waals surface area (Å²) in [5, 5.41) is 3.06. The first-order chi connectivity index (χ1) is 6.81. The van der Waals surface area contributed by atoms with Crippen molar-refractivity contribution in [3.05, 3.63) is 0 Å². The molecule has 0 aromatic heterocycles. The number of hydrogen-bond acceptors (Lipinski definition) is 1. The van der Waals surface area contributed by atoms with E-state index in [4.69, 9.17) is 0 Å². The Bertz CT molecular complexity index is 204. The summed E-state index contributed by atoms with van der Waals surface area (Å²) in [5.74, 6) is 2.52. The average Bonchev–Trinajstić information content (AvgIpc) is 2.80. The highest BCUT2D eigenvalue weighted by atomic mass is 16.1. The van der Waals surface area contributed by atoms with Gasteiger partial charge in [0.15, 0.2) is 0 Å². The Kier molecular flexibility index (Phi) is 3.09. The molecule has 0 bridgehead atoms. The molecule has 2 fully saturated rings. The fraction of sp³-hybridized carbons (Fsp3) is 0.917. The second-order valence-corrected chi connectivity index (χ2v) is 4.92. The van der Waals surface area contributed by atoms with Crippen LogP contribution < -0.4 is 5.32 Å². The second-order valence-electron chi connectivity index (χ2n) is 4.92. The first-order valence-electron chi connectivity index (χ1n) is 6.09. The molecule has 2 saturated carbocycles. The second kappa shape index (κ2) is 4.33. The zero-order valence-electron chi connectivity index (χ0n) is 9.09. The first kappa shape index (κ1) is 10.0. The van der Waals surface area contributed by atoms with Crippen LogP contribution in [-0.2, 0) is 4.79 Å². The Morgan fingerprint density at radius 3 is 2.57 bits per heavy atom. The lowest BCUT2D eigenvalue weighted by Gasteiger charge is -2.11. The molecule has 80 valence electrons. The van der Waals surface area contributed by atoms with E-state index in [1.807, 2.05) is 0 Å². The Morgan fingerprint density at radius 2 is 1.93 bits per heavy atom. The molecule has 14 heavy (non-hydrogen) atoms. The van der Waals surface area contributed by atoms with Gasteiger partial charge in [0.25, 0.3) is 0 Å². The molecule has 0 aromatic carbocycles. The SMILES string of the molecule is CCCCCNC(=O)C1CC2CC2C1. The van der Waals surface area contributed by atoms with Crippen LogP contribution >= 0.6 is 0 Å². The van der Waals surface area contributed by atoms with Crippen molar-refractivity contribution >= 4 is 5.91 Å². The molecular weight excluding hydrogens is 174 g/mol. The molecule has 2 aliphatic rings. The number of fused-ring (bicyclic) bond motifs is 1. The third-order valence-electron chi connectivity index (χ3n) is 3.69. The van der Waals surface area contributed by atoms with Gasteiger partial charge in [0.1, 0.15) is 0 Å². The number of carbonyl (C=O) groups excluding carboxylic acids is 1. The monoisotopic (exact) mass is 195 g/mol. The van der Waals surface area contributed by atoms with E-state index in [1.165, 1.54) is 32.1 Å². The molecule has 0 saturated heterocycles. The van der Waals surface area contributed by atoms with Gasteiger partial charge >= 0.3 is 0 Å². The van der Waals surface area contributed by atoms with Crippen LogP contribution in [0.5, 0.6) is 0 Å². The highest BCUT2D eigenvalue weighted by Crippen LogP contribution is 2.54. The fourth-order valence-corrected chi connectivity index (χ4v) is 2.66. The number of unbranched alkanes of at least 4 members (excludes halogenated alkanes) is 2. The van der Waals surface area contributed by atoms with E-state index < -0.39 is 0 Å². The Balaban J connectivity index is 1.59. The number of rotatable bonds is 5. The van der Waals surface area contributed by atoms with Crippen molar-refractivity contribution in [2.75, 3.05) is 6.54 Å². The molecular formula is C12H21NO. The third kappa shape index (κ3) is 2.28. The lowest BCUT2D eigenvalue weighted by molar-refractivity contribution is -0.125. The van der Waals surface area contributed by atoms with Crippen LogP contribution in [0.25, 0.3) is 0 Å². The lowest BCUT2D eigenvalue weighted by atomic mass is 10.0. The first-order valence-corrected chi connectivity index (χ1v) is 6.09. The fourth-order valence-electron chi connectivity index (χ4n) is 2.66. The number of hydrogen-bond donors (Lipinski definition) is 1. The summed E-state index contributed by atoms with van der Waals surface area (Å²) in [4.78, 5) is 11.7. The minimum Gasteiger partial charge on any atom is -0.356 e. The molecule has 2 aliphatic carbocycles. The van der Waals surface area contributed by atoms with E-state index in [2.05, 4.69) is 12.2 Å². The van der Waals surface area contributed by atoms with Crippen molar-refractivity contribution < 1.29 is 4.79 Å². The number of carbonyl (C=O) groups is 1. The molecule has 1 N–H and O–H groups in total. The Labute approximate surface area is 86.5 Å². The van der Waals surface area contributed by atoms with E-state index in [9.17, 15) is 4.79 Å². The molecule has 2 unspecified atom stereocenters. The molecule has 1 amide bonds. The molecule has 2 rings (SSSR count). The predicted molar refractivity (Wildman–Crippen MR) is 56.9 cm³/mol. The predicted octanol–water partition coefficient (Wildman–Crippen LogP) is 2.34. The highest BCUT2D eigenvalue weighted by Gasteiger charge is 2.47. The molecule has 2 atom stereocenters. The average molecular weight is 195 g/mol. The van der Waals surface area contributed by atoms with Crippen LogP contribution in [0.15, 0.2) is 0 Å². The van der Waals surface area contributed by atoms with Crippen molar-refractivity contribution in [2.24, 2.45) is 17.8 Å². The standard InChI is InChI=1S/C12H21NO/c1-2-3-4-5-13-12(14)11-7-9-6-10(9)8-11/h9-11H,2-8H2,1H3,(H,13,14). The van der Waals surface area contributed by atoms with Gasteiger partial charge in [0, 0.05) is 12.5 Å². The summed E-state index contributed by atoms with van der Waals surface area (Å²) in [5.41, 5.74) is 0. The number of amides is 1. The van der Waals surface area contributed by atoms with Crippen LogP contribution in [0, 0.1) is 17.8 Å². The maximum absolute atomic E-state index is 11.7. The van der Waals surface area contributed by atoms with Gasteiger partial charge in [-0.25, -0.2) is 0 Å². The van der Waals surface area contributed by atoms with Gasteiger partial charge in [-0.05, 0) is 37.5 Å². The van der Waals surface area contributed by atoms with Crippen molar-refractivity contribution in [3.63, 3.8) is 0 Å². The quantitative estimate of drug-likeness (QED) is 0.670. The van der Waals surface area contributed by atoms with Crippen molar-refractivity contribution in [1.82, 2.24) is 5.32 Å². The topological polar surface area (TPSA) is 29.1 Å². The van der Waals surface area contributed by atoms with Gasteiger partial charge in [-0.2, -0.15) is 0 Å². The zero-order valence-corrected chi connectivity index (χ0v) is 9.09. The smallest absolute Gasteiger partial charge is 0.223 e. The molecule has 0 aliphatic heterocycles. The summed E-state index contributed by atoms with van der Waals surface area (Å²) >= 11 is 0. The van der Waals surface area contributed by atoms with Gasteiger partial charge in [-0.1, -0.05) is 19.8 Å². The van der Waals surface area contributed by atoms with Crippen LogP contribution in [0.4, 0.5) is 0 Å². The van der Waals surface area contributed by atoms with E-state index >= 15 is 0 Å². The Hall–Kier alpha value is -0.530. The van der Waals surface area contributed by atoms with Crippen LogP contribution in [0.3, 0.4) is 0 Å². The summed E-state index contributed by atoms with van der Waals surface area (Å²) in [6, 6.07) is 0. The summed E-state index contributed by atoms with van der Waals surface area (Å²) in [6.07, 6.45) is 7.34. The molecule has 0 radical (unpaired) electrons. The minimum atomic E-state index is 0.327. The van der Waals surface area contributed by atoms with Gasteiger partial charge < -0.3 is 5.32 Å². The van der Waals surface area contributed by atoms with E-state index in [0.29, 0.717) is 11.8 Å². The van der Waals surface area contributed by atoms with Crippen LogP contribution in [0.1, 0.15) is 45.4 Å². The largest absolute Gasteiger partial charge is 0.356 e.